The number of unbranched alkanes of at least 4 members (excludes halogenated alkanes) is 13. The second-order valence-electron chi connectivity index (χ2n) is 6.06. The van der Waals surface area contributed by atoms with E-state index in [1.807, 2.05) is 0 Å². The molecule has 0 saturated carbocycles. The van der Waals surface area contributed by atoms with Crippen molar-refractivity contribution in [2.45, 2.75) is 89.9 Å². The standard InChI is InChI=1S/C16H35O4P/c17-15-13-11-9-7-5-3-1-2-4-6-8-10-12-14-16-21(18,19)20/h17H,1-16H2,(H2,18,19,20). The van der Waals surface area contributed by atoms with Gasteiger partial charge in [-0.25, -0.2) is 0 Å². The van der Waals surface area contributed by atoms with E-state index in [4.69, 9.17) is 14.9 Å². The fourth-order valence-corrected chi connectivity index (χ4v) is 3.19. The van der Waals surface area contributed by atoms with Crippen LogP contribution in [0.15, 0.2) is 0 Å². The van der Waals surface area contributed by atoms with E-state index in [9.17, 15) is 4.57 Å². The molecule has 0 fully saturated rings. The van der Waals surface area contributed by atoms with E-state index in [0.29, 0.717) is 13.0 Å². The van der Waals surface area contributed by atoms with Gasteiger partial charge < -0.3 is 14.9 Å². The lowest BCUT2D eigenvalue weighted by atomic mass is 10.0. The van der Waals surface area contributed by atoms with E-state index < -0.39 is 7.60 Å². The molecule has 0 amide bonds. The van der Waals surface area contributed by atoms with E-state index in [1.54, 1.807) is 0 Å². The largest absolute Gasteiger partial charge is 0.396 e. The molecule has 0 bridgehead atoms. The molecule has 0 unspecified atom stereocenters. The van der Waals surface area contributed by atoms with Crippen molar-refractivity contribution in [3.63, 3.8) is 0 Å². The average molecular weight is 322 g/mol. The monoisotopic (exact) mass is 322 g/mol. The summed E-state index contributed by atoms with van der Waals surface area (Å²) >= 11 is 0. The number of rotatable bonds is 16. The Labute approximate surface area is 130 Å². The summed E-state index contributed by atoms with van der Waals surface area (Å²) in [7, 11) is -3.76. The van der Waals surface area contributed by atoms with Crippen molar-refractivity contribution in [3.05, 3.63) is 0 Å². The first kappa shape index (κ1) is 21.1. The van der Waals surface area contributed by atoms with E-state index in [2.05, 4.69) is 0 Å². The van der Waals surface area contributed by atoms with Gasteiger partial charge in [0.1, 0.15) is 0 Å². The molecule has 0 heterocycles. The summed E-state index contributed by atoms with van der Waals surface area (Å²) in [5.74, 6) is 0. The molecule has 4 nitrogen and oxygen atoms in total. The Kier molecular flexibility index (Phi) is 15.1. The third-order valence-electron chi connectivity index (χ3n) is 3.86. The lowest BCUT2D eigenvalue weighted by Crippen LogP contribution is -1.88. The van der Waals surface area contributed by atoms with Crippen LogP contribution in [0.25, 0.3) is 0 Å². The summed E-state index contributed by atoms with van der Waals surface area (Å²) in [5.41, 5.74) is 0. The van der Waals surface area contributed by atoms with Gasteiger partial charge in [-0.2, -0.15) is 0 Å². The molecular weight excluding hydrogens is 287 g/mol. The van der Waals surface area contributed by atoms with Crippen LogP contribution >= 0.6 is 7.60 Å². The highest BCUT2D eigenvalue weighted by Gasteiger charge is 2.10. The fraction of sp³-hybridized carbons (Fsp3) is 1.00. The minimum atomic E-state index is -3.76. The maximum Gasteiger partial charge on any atom is 0.325 e. The lowest BCUT2D eigenvalue weighted by Gasteiger charge is -2.04. The summed E-state index contributed by atoms with van der Waals surface area (Å²) in [6.07, 6.45) is 16.5. The van der Waals surface area contributed by atoms with E-state index in [-0.39, 0.29) is 6.16 Å². The van der Waals surface area contributed by atoms with Crippen LogP contribution in [0.4, 0.5) is 0 Å². The van der Waals surface area contributed by atoms with Gasteiger partial charge in [-0.05, 0) is 12.8 Å². The molecule has 0 atom stereocenters. The summed E-state index contributed by atoms with van der Waals surface area (Å²) in [6, 6.07) is 0. The van der Waals surface area contributed by atoms with Gasteiger partial charge in [0.15, 0.2) is 0 Å². The van der Waals surface area contributed by atoms with Crippen LogP contribution in [-0.2, 0) is 4.57 Å². The van der Waals surface area contributed by atoms with Crippen LogP contribution in [-0.4, -0.2) is 27.7 Å². The zero-order chi connectivity index (χ0) is 15.8. The molecule has 5 heteroatoms. The molecule has 0 spiro atoms. The Balaban J connectivity index is 3.01. The molecule has 0 aromatic heterocycles. The maximum atomic E-state index is 10.6. The number of hydrogen-bond donors (Lipinski definition) is 3. The molecule has 0 aliphatic carbocycles. The Hall–Kier alpha value is 0.110. The summed E-state index contributed by atoms with van der Waals surface area (Å²) in [6.45, 7) is 0.333. The van der Waals surface area contributed by atoms with Crippen LogP contribution in [0.3, 0.4) is 0 Å². The molecule has 128 valence electrons. The van der Waals surface area contributed by atoms with Crippen LogP contribution in [0, 0.1) is 0 Å². The van der Waals surface area contributed by atoms with Crippen molar-refractivity contribution in [2.75, 3.05) is 12.8 Å². The van der Waals surface area contributed by atoms with Crippen molar-refractivity contribution in [3.8, 4) is 0 Å². The van der Waals surface area contributed by atoms with Gasteiger partial charge in [-0.1, -0.05) is 77.0 Å². The Morgan fingerprint density at radius 1 is 0.524 bits per heavy atom. The molecule has 0 aromatic carbocycles. The Morgan fingerprint density at radius 3 is 1.10 bits per heavy atom. The Bertz CT molecular complexity index is 253. The van der Waals surface area contributed by atoms with Crippen molar-refractivity contribution >= 4 is 7.60 Å². The Morgan fingerprint density at radius 2 is 0.810 bits per heavy atom. The van der Waals surface area contributed by atoms with E-state index >= 15 is 0 Å². The minimum absolute atomic E-state index is 0.0469. The highest BCUT2D eigenvalue weighted by atomic mass is 31.2. The predicted octanol–water partition coefficient (Wildman–Crippen LogP) is 4.62. The fourth-order valence-electron chi connectivity index (χ4n) is 2.55. The van der Waals surface area contributed by atoms with E-state index in [1.165, 1.54) is 64.2 Å². The van der Waals surface area contributed by atoms with Crippen molar-refractivity contribution in [1.29, 1.82) is 0 Å². The number of aliphatic hydroxyl groups excluding tert-OH is 1. The average Bonchev–Trinajstić information content (AvgIpc) is 2.42. The highest BCUT2D eigenvalue weighted by molar-refractivity contribution is 7.51. The molecule has 0 saturated heterocycles. The zero-order valence-corrected chi connectivity index (χ0v) is 14.4. The molecule has 0 rings (SSSR count). The van der Waals surface area contributed by atoms with Gasteiger partial charge in [0.2, 0.25) is 0 Å². The van der Waals surface area contributed by atoms with Gasteiger partial charge >= 0.3 is 7.60 Å². The molecule has 21 heavy (non-hydrogen) atoms. The third-order valence-corrected chi connectivity index (χ3v) is 4.76. The van der Waals surface area contributed by atoms with Gasteiger partial charge in [0, 0.05) is 12.8 Å². The maximum absolute atomic E-state index is 10.6. The normalized spacial score (nSPS) is 12.0. The summed E-state index contributed by atoms with van der Waals surface area (Å²) < 4.78 is 10.6. The number of hydrogen-bond acceptors (Lipinski definition) is 2. The topological polar surface area (TPSA) is 77.8 Å². The first-order valence-corrected chi connectivity index (χ1v) is 10.5. The quantitative estimate of drug-likeness (QED) is 0.286. The van der Waals surface area contributed by atoms with Crippen LogP contribution < -0.4 is 0 Å². The number of aliphatic hydroxyl groups is 1. The molecule has 0 radical (unpaired) electrons. The predicted molar refractivity (Wildman–Crippen MR) is 88.6 cm³/mol. The van der Waals surface area contributed by atoms with Crippen LogP contribution in [0.1, 0.15) is 89.9 Å². The molecule has 0 aromatic rings. The molecular formula is C16H35O4P. The molecule has 0 aliphatic rings. The van der Waals surface area contributed by atoms with Gasteiger partial charge in [0.25, 0.3) is 0 Å². The van der Waals surface area contributed by atoms with E-state index in [0.717, 1.165) is 19.3 Å². The minimum Gasteiger partial charge on any atom is -0.396 e. The first-order chi connectivity index (χ1) is 10.1. The van der Waals surface area contributed by atoms with Gasteiger partial charge in [0.05, 0.1) is 0 Å². The molecule has 3 N–H and O–H groups in total. The summed E-state index contributed by atoms with van der Waals surface area (Å²) in [4.78, 5) is 17.4. The highest BCUT2D eigenvalue weighted by Crippen LogP contribution is 2.35. The third kappa shape index (κ3) is 20.1. The second-order valence-corrected chi connectivity index (χ2v) is 7.84. The first-order valence-electron chi connectivity index (χ1n) is 8.72. The van der Waals surface area contributed by atoms with Crippen LogP contribution in [0.5, 0.6) is 0 Å². The van der Waals surface area contributed by atoms with Crippen LogP contribution in [0.2, 0.25) is 0 Å². The second kappa shape index (κ2) is 15.0. The SMILES string of the molecule is O=P(O)(O)CCCCCCCCCCCCCCCCO. The van der Waals surface area contributed by atoms with Crippen molar-refractivity contribution in [2.24, 2.45) is 0 Å². The van der Waals surface area contributed by atoms with Gasteiger partial charge in [-0.3, -0.25) is 4.57 Å². The van der Waals surface area contributed by atoms with Crippen molar-refractivity contribution < 1.29 is 19.5 Å². The van der Waals surface area contributed by atoms with Gasteiger partial charge in [-0.15, -0.1) is 0 Å². The zero-order valence-electron chi connectivity index (χ0n) is 13.5. The van der Waals surface area contributed by atoms with Crippen molar-refractivity contribution in [1.82, 2.24) is 0 Å². The smallest absolute Gasteiger partial charge is 0.325 e. The molecule has 0 aliphatic heterocycles. The summed E-state index contributed by atoms with van der Waals surface area (Å²) in [5, 5.41) is 8.66. The lowest BCUT2D eigenvalue weighted by molar-refractivity contribution is 0.282.